The van der Waals surface area contributed by atoms with Gasteiger partial charge in [-0.25, -0.2) is 0 Å². The molecule has 0 spiro atoms. The highest BCUT2D eigenvalue weighted by atomic mass is 35.5. The Hall–Kier alpha value is -1.10. The van der Waals surface area contributed by atoms with Crippen molar-refractivity contribution < 1.29 is 4.90 Å². The van der Waals surface area contributed by atoms with E-state index in [4.69, 9.17) is 11.6 Å². The molecule has 3 rings (SSSR count). The highest BCUT2D eigenvalue weighted by Gasteiger charge is 2.21. The van der Waals surface area contributed by atoms with E-state index in [1.165, 1.54) is 0 Å². The number of rotatable bonds is 2. The van der Waals surface area contributed by atoms with E-state index < -0.39 is 0 Å². The van der Waals surface area contributed by atoms with Crippen LogP contribution in [0.15, 0.2) is 28.4 Å². The van der Waals surface area contributed by atoms with E-state index in [1.807, 2.05) is 17.5 Å². The molecular weight excluding hydrogens is 292 g/mol. The number of likely N-dealkylation sites (N-methyl/N-ethyl adjacent to an activating group) is 1. The summed E-state index contributed by atoms with van der Waals surface area (Å²) in [5.41, 5.74) is 0.945. The Morgan fingerprint density at radius 2 is 2.10 bits per heavy atom. The van der Waals surface area contributed by atoms with Crippen LogP contribution in [-0.4, -0.2) is 32.7 Å². The number of benzene rings is 1. The first kappa shape index (κ1) is 13.9. The zero-order chi connectivity index (χ0) is 14.1. The molecule has 1 aromatic carbocycles. The number of nitrogens with zero attached hydrogens (tertiary/aromatic N) is 1. The molecular formula is C15H18ClN2OS+. The van der Waals surface area contributed by atoms with E-state index in [2.05, 4.69) is 11.8 Å². The smallest absolute Gasteiger partial charge is 0.211 e. The van der Waals surface area contributed by atoms with Crippen LogP contribution >= 0.6 is 22.9 Å². The van der Waals surface area contributed by atoms with Crippen molar-refractivity contribution in [1.29, 1.82) is 0 Å². The molecule has 0 radical (unpaired) electrons. The zero-order valence-electron chi connectivity index (χ0n) is 11.5. The van der Waals surface area contributed by atoms with Gasteiger partial charge in [-0.2, -0.15) is 0 Å². The molecule has 1 aliphatic heterocycles. The molecule has 1 aromatic heterocycles. The van der Waals surface area contributed by atoms with Crippen LogP contribution < -0.4 is 15.2 Å². The van der Waals surface area contributed by atoms with Gasteiger partial charge in [0.2, 0.25) is 5.43 Å². The van der Waals surface area contributed by atoms with Crippen LogP contribution in [0.5, 0.6) is 0 Å². The first-order valence-corrected chi connectivity index (χ1v) is 8.24. The Morgan fingerprint density at radius 3 is 2.80 bits per heavy atom. The lowest BCUT2D eigenvalue weighted by Crippen LogP contribution is -3.14. The van der Waals surface area contributed by atoms with E-state index in [0.717, 1.165) is 48.5 Å². The Bertz CT molecular complexity index is 677. The molecule has 1 saturated heterocycles. The molecule has 0 atom stereocenters. The normalized spacial score (nSPS) is 16.8. The summed E-state index contributed by atoms with van der Waals surface area (Å²) in [7, 11) is 0. The van der Waals surface area contributed by atoms with E-state index in [9.17, 15) is 4.79 Å². The molecule has 2 heterocycles. The van der Waals surface area contributed by atoms with E-state index in [1.54, 1.807) is 22.3 Å². The number of hydrogen-bond donors (Lipinski definition) is 1. The van der Waals surface area contributed by atoms with Crippen molar-refractivity contribution in [2.45, 2.75) is 6.92 Å². The topological polar surface area (TPSA) is 24.8 Å². The SMILES string of the molecule is CC[NH+]1CCN(c2csc3ccc(Cl)cc3c2=O)CC1. The van der Waals surface area contributed by atoms with Gasteiger partial charge >= 0.3 is 0 Å². The van der Waals surface area contributed by atoms with Crippen molar-refractivity contribution in [3.05, 3.63) is 38.8 Å². The highest BCUT2D eigenvalue weighted by molar-refractivity contribution is 7.16. The van der Waals surface area contributed by atoms with E-state index in [-0.39, 0.29) is 5.43 Å². The Morgan fingerprint density at radius 1 is 1.35 bits per heavy atom. The molecule has 1 fully saturated rings. The molecule has 2 aromatic rings. The number of anilines is 1. The van der Waals surface area contributed by atoms with Crippen LogP contribution in [0.25, 0.3) is 10.1 Å². The van der Waals surface area contributed by atoms with Crippen LogP contribution in [0.4, 0.5) is 5.69 Å². The third-order valence-corrected chi connectivity index (χ3v) is 5.21. The van der Waals surface area contributed by atoms with Gasteiger partial charge in [0.25, 0.3) is 0 Å². The molecule has 1 N–H and O–H groups in total. The third kappa shape index (κ3) is 2.55. The minimum Gasteiger partial charge on any atom is -0.356 e. The van der Waals surface area contributed by atoms with Crippen molar-refractivity contribution in [3.63, 3.8) is 0 Å². The molecule has 0 unspecified atom stereocenters. The summed E-state index contributed by atoms with van der Waals surface area (Å²) in [5, 5.41) is 3.36. The summed E-state index contributed by atoms with van der Waals surface area (Å²) >= 11 is 7.63. The molecule has 0 aliphatic carbocycles. The molecule has 3 nitrogen and oxygen atoms in total. The predicted octanol–water partition coefficient (Wildman–Crippen LogP) is 1.64. The van der Waals surface area contributed by atoms with Crippen LogP contribution in [0.1, 0.15) is 6.92 Å². The maximum Gasteiger partial charge on any atom is 0.211 e. The second-order valence-corrected chi connectivity index (χ2v) is 6.53. The lowest BCUT2D eigenvalue weighted by Gasteiger charge is -2.32. The van der Waals surface area contributed by atoms with Crippen LogP contribution in [0.2, 0.25) is 5.02 Å². The second-order valence-electron chi connectivity index (χ2n) is 5.18. The number of quaternary nitrogens is 1. The number of piperazine rings is 1. The van der Waals surface area contributed by atoms with Gasteiger partial charge in [0.15, 0.2) is 0 Å². The summed E-state index contributed by atoms with van der Waals surface area (Å²) in [6.45, 7) is 7.49. The summed E-state index contributed by atoms with van der Waals surface area (Å²) < 4.78 is 1.00. The molecule has 1 aliphatic rings. The van der Waals surface area contributed by atoms with E-state index >= 15 is 0 Å². The maximum absolute atomic E-state index is 12.6. The van der Waals surface area contributed by atoms with Crippen molar-refractivity contribution in [2.24, 2.45) is 0 Å². The number of hydrogen-bond acceptors (Lipinski definition) is 3. The fraction of sp³-hybridized carbons (Fsp3) is 0.400. The van der Waals surface area contributed by atoms with Crippen molar-refractivity contribution in [1.82, 2.24) is 0 Å². The van der Waals surface area contributed by atoms with Gasteiger partial charge in [0.05, 0.1) is 38.4 Å². The largest absolute Gasteiger partial charge is 0.356 e. The Balaban J connectivity index is 1.96. The quantitative estimate of drug-likeness (QED) is 0.912. The van der Waals surface area contributed by atoms with Gasteiger partial charge < -0.3 is 9.80 Å². The molecule has 20 heavy (non-hydrogen) atoms. The first-order valence-electron chi connectivity index (χ1n) is 6.98. The molecule has 0 bridgehead atoms. The van der Waals surface area contributed by atoms with Crippen molar-refractivity contribution in [3.8, 4) is 0 Å². The van der Waals surface area contributed by atoms with Gasteiger partial charge in [-0.15, -0.1) is 11.3 Å². The van der Waals surface area contributed by atoms with Crippen molar-refractivity contribution in [2.75, 3.05) is 37.6 Å². The lowest BCUT2D eigenvalue weighted by atomic mass is 10.2. The highest BCUT2D eigenvalue weighted by Crippen LogP contribution is 2.24. The standard InChI is InChI=1S/C15H17ClN2OS/c1-2-17-5-7-18(8-6-17)13-10-20-14-4-3-11(16)9-12(14)15(13)19/h3-4,9-10H,2,5-8H2,1H3/p+1. The third-order valence-electron chi connectivity index (χ3n) is 4.03. The summed E-state index contributed by atoms with van der Waals surface area (Å²) in [4.78, 5) is 16.5. The number of fused-ring (bicyclic) bond motifs is 1. The fourth-order valence-corrected chi connectivity index (χ4v) is 3.82. The van der Waals surface area contributed by atoms with Gasteiger partial charge in [-0.3, -0.25) is 4.79 Å². The minimum atomic E-state index is 0.112. The summed E-state index contributed by atoms with van der Waals surface area (Å²) in [6.07, 6.45) is 0. The monoisotopic (exact) mass is 309 g/mol. The average molecular weight is 310 g/mol. The average Bonchev–Trinajstić information content (AvgIpc) is 2.48. The molecule has 0 saturated carbocycles. The lowest BCUT2D eigenvalue weighted by molar-refractivity contribution is -0.898. The number of halogens is 1. The van der Waals surface area contributed by atoms with Gasteiger partial charge in [0.1, 0.15) is 0 Å². The maximum atomic E-state index is 12.6. The van der Waals surface area contributed by atoms with Gasteiger partial charge in [-0.1, -0.05) is 11.6 Å². The van der Waals surface area contributed by atoms with Gasteiger partial charge in [0, 0.05) is 20.5 Å². The Labute approximate surface area is 127 Å². The molecule has 106 valence electrons. The molecule has 5 heteroatoms. The van der Waals surface area contributed by atoms with Crippen molar-refractivity contribution >= 4 is 38.7 Å². The first-order chi connectivity index (χ1) is 9.69. The fourth-order valence-electron chi connectivity index (χ4n) is 2.73. The number of nitrogens with one attached hydrogen (secondary N) is 1. The summed E-state index contributed by atoms with van der Waals surface area (Å²) in [5.74, 6) is 0. The minimum absolute atomic E-state index is 0.112. The zero-order valence-corrected chi connectivity index (χ0v) is 13.1. The van der Waals surface area contributed by atoms with E-state index in [0.29, 0.717) is 5.02 Å². The van der Waals surface area contributed by atoms with Crippen LogP contribution in [0, 0.1) is 0 Å². The Kier molecular flexibility index (Phi) is 3.96. The van der Waals surface area contributed by atoms with Crippen LogP contribution in [0.3, 0.4) is 0 Å². The second kappa shape index (κ2) is 5.72. The molecule has 0 amide bonds. The van der Waals surface area contributed by atoms with Gasteiger partial charge in [-0.05, 0) is 25.1 Å². The van der Waals surface area contributed by atoms with Crippen LogP contribution in [-0.2, 0) is 0 Å². The predicted molar refractivity (Wildman–Crippen MR) is 86.6 cm³/mol. The summed E-state index contributed by atoms with van der Waals surface area (Å²) in [6, 6.07) is 5.54.